The zero-order chi connectivity index (χ0) is 10.8. The van der Waals surface area contributed by atoms with E-state index in [1.807, 2.05) is 0 Å². The molecular weight excluding hydrogens is 172 g/mol. The third-order valence-electron chi connectivity index (χ3n) is 3.43. The zero-order valence-corrected chi connectivity index (χ0v) is 10.2. The average Bonchev–Trinajstić information content (AvgIpc) is 2.01. The van der Waals surface area contributed by atoms with E-state index in [4.69, 9.17) is 5.73 Å². The smallest absolute Gasteiger partial charge is 0.00776 e. The molecule has 14 heavy (non-hydrogen) atoms. The topological polar surface area (TPSA) is 38.0 Å². The van der Waals surface area contributed by atoms with Crippen molar-refractivity contribution in [2.75, 3.05) is 13.1 Å². The Bertz CT molecular complexity index is 189. The van der Waals surface area contributed by atoms with Crippen LogP contribution >= 0.6 is 0 Å². The Labute approximate surface area is 88.6 Å². The van der Waals surface area contributed by atoms with Gasteiger partial charge in [0.1, 0.15) is 0 Å². The first kappa shape index (κ1) is 12.0. The van der Waals surface area contributed by atoms with Gasteiger partial charge in [-0.1, -0.05) is 27.7 Å². The summed E-state index contributed by atoms with van der Waals surface area (Å²) < 4.78 is 0. The molecule has 84 valence electrons. The van der Waals surface area contributed by atoms with Gasteiger partial charge in [-0.05, 0) is 43.2 Å². The van der Waals surface area contributed by atoms with Crippen molar-refractivity contribution in [1.29, 1.82) is 0 Å². The van der Waals surface area contributed by atoms with Gasteiger partial charge in [-0.3, -0.25) is 0 Å². The fourth-order valence-corrected chi connectivity index (χ4v) is 3.22. The lowest BCUT2D eigenvalue weighted by atomic mass is 9.62. The zero-order valence-electron chi connectivity index (χ0n) is 10.2. The highest BCUT2D eigenvalue weighted by Crippen LogP contribution is 2.45. The van der Waals surface area contributed by atoms with Crippen molar-refractivity contribution in [2.24, 2.45) is 16.6 Å². The molecule has 2 heteroatoms. The molecule has 0 heterocycles. The Kier molecular flexibility index (Phi) is 3.59. The average molecular weight is 198 g/mol. The maximum atomic E-state index is 5.89. The number of rotatable bonds is 3. The van der Waals surface area contributed by atoms with Crippen molar-refractivity contribution in [3.05, 3.63) is 0 Å². The van der Waals surface area contributed by atoms with Gasteiger partial charge in [-0.25, -0.2) is 0 Å². The fourth-order valence-electron chi connectivity index (χ4n) is 3.22. The fraction of sp³-hybridized carbons (Fsp3) is 1.00. The molecule has 0 aromatic heterocycles. The molecule has 1 aliphatic carbocycles. The maximum Gasteiger partial charge on any atom is 0.00776 e. The van der Waals surface area contributed by atoms with E-state index < -0.39 is 0 Å². The molecule has 0 aliphatic heterocycles. The molecule has 0 aromatic rings. The molecule has 0 spiro atoms. The molecule has 3 N–H and O–H groups in total. The summed E-state index contributed by atoms with van der Waals surface area (Å²) >= 11 is 0. The van der Waals surface area contributed by atoms with E-state index >= 15 is 0 Å². The van der Waals surface area contributed by atoms with E-state index in [9.17, 15) is 0 Å². The van der Waals surface area contributed by atoms with Gasteiger partial charge in [0.2, 0.25) is 0 Å². The summed E-state index contributed by atoms with van der Waals surface area (Å²) in [5, 5.41) is 3.57. The van der Waals surface area contributed by atoms with Crippen LogP contribution in [0.3, 0.4) is 0 Å². The Morgan fingerprint density at radius 2 is 1.93 bits per heavy atom. The van der Waals surface area contributed by atoms with Crippen molar-refractivity contribution >= 4 is 0 Å². The molecule has 1 rings (SSSR count). The van der Waals surface area contributed by atoms with Gasteiger partial charge >= 0.3 is 0 Å². The number of nitrogens with two attached hydrogens (primary N) is 1. The first-order valence-corrected chi connectivity index (χ1v) is 5.84. The molecule has 1 aliphatic rings. The summed E-state index contributed by atoms with van der Waals surface area (Å²) in [7, 11) is 0. The van der Waals surface area contributed by atoms with Crippen molar-refractivity contribution in [2.45, 2.75) is 53.0 Å². The standard InChI is InChI=1S/C12H26N2/c1-5-14-10-6-11(2,3)8-12(4,7-10)9-13/h10,14H,5-9,13H2,1-4H3. The Morgan fingerprint density at radius 1 is 1.29 bits per heavy atom. The van der Waals surface area contributed by atoms with Gasteiger partial charge in [0.25, 0.3) is 0 Å². The van der Waals surface area contributed by atoms with Crippen molar-refractivity contribution < 1.29 is 0 Å². The summed E-state index contributed by atoms with van der Waals surface area (Å²) in [6.45, 7) is 11.1. The highest BCUT2D eigenvalue weighted by Gasteiger charge is 2.39. The van der Waals surface area contributed by atoms with Crippen LogP contribution in [-0.2, 0) is 0 Å². The molecular formula is C12H26N2. The second kappa shape index (κ2) is 4.19. The number of nitrogens with one attached hydrogen (secondary N) is 1. The van der Waals surface area contributed by atoms with Crippen LogP contribution in [0.25, 0.3) is 0 Å². The molecule has 0 radical (unpaired) electrons. The number of hydrogen-bond donors (Lipinski definition) is 2. The lowest BCUT2D eigenvalue weighted by Gasteiger charge is -2.46. The predicted molar refractivity (Wildman–Crippen MR) is 62.3 cm³/mol. The summed E-state index contributed by atoms with van der Waals surface area (Å²) in [5.41, 5.74) is 6.67. The normalized spacial score (nSPS) is 37.1. The summed E-state index contributed by atoms with van der Waals surface area (Å²) in [6, 6.07) is 0.664. The van der Waals surface area contributed by atoms with E-state index in [-0.39, 0.29) is 0 Å². The summed E-state index contributed by atoms with van der Waals surface area (Å²) in [5.74, 6) is 0. The predicted octanol–water partition coefficient (Wildman–Crippen LogP) is 2.14. The first-order chi connectivity index (χ1) is 6.41. The van der Waals surface area contributed by atoms with Gasteiger partial charge in [0.15, 0.2) is 0 Å². The van der Waals surface area contributed by atoms with Crippen LogP contribution in [0.4, 0.5) is 0 Å². The van der Waals surface area contributed by atoms with E-state index in [2.05, 4.69) is 33.0 Å². The van der Waals surface area contributed by atoms with Crippen LogP contribution in [0.1, 0.15) is 47.0 Å². The lowest BCUT2D eigenvalue weighted by Crippen LogP contribution is -2.47. The van der Waals surface area contributed by atoms with Crippen molar-refractivity contribution in [3.8, 4) is 0 Å². The molecule has 1 fully saturated rings. The Morgan fingerprint density at radius 3 is 2.43 bits per heavy atom. The summed E-state index contributed by atoms with van der Waals surface area (Å²) in [6.07, 6.45) is 3.79. The van der Waals surface area contributed by atoms with Gasteiger partial charge < -0.3 is 11.1 Å². The van der Waals surface area contributed by atoms with Gasteiger partial charge in [0.05, 0.1) is 0 Å². The molecule has 2 atom stereocenters. The maximum absolute atomic E-state index is 5.89. The molecule has 0 amide bonds. The second-order valence-corrected chi connectivity index (χ2v) is 6.02. The Hall–Kier alpha value is -0.0800. The van der Waals surface area contributed by atoms with E-state index in [0.29, 0.717) is 16.9 Å². The first-order valence-electron chi connectivity index (χ1n) is 5.84. The minimum absolute atomic E-state index is 0.342. The van der Waals surface area contributed by atoms with Crippen molar-refractivity contribution in [3.63, 3.8) is 0 Å². The third-order valence-corrected chi connectivity index (χ3v) is 3.43. The highest BCUT2D eigenvalue weighted by molar-refractivity contribution is 4.94. The molecule has 2 unspecified atom stereocenters. The van der Waals surface area contributed by atoms with Crippen molar-refractivity contribution in [1.82, 2.24) is 5.32 Å². The minimum Gasteiger partial charge on any atom is -0.330 e. The number of hydrogen-bond acceptors (Lipinski definition) is 2. The van der Waals surface area contributed by atoms with Crippen LogP contribution in [0.15, 0.2) is 0 Å². The van der Waals surface area contributed by atoms with E-state index in [1.165, 1.54) is 19.3 Å². The largest absolute Gasteiger partial charge is 0.330 e. The van der Waals surface area contributed by atoms with Gasteiger partial charge in [-0.2, -0.15) is 0 Å². The molecule has 0 bridgehead atoms. The van der Waals surface area contributed by atoms with Crippen LogP contribution < -0.4 is 11.1 Å². The van der Waals surface area contributed by atoms with Gasteiger partial charge in [-0.15, -0.1) is 0 Å². The van der Waals surface area contributed by atoms with Crippen LogP contribution in [0.2, 0.25) is 0 Å². The Balaban J connectivity index is 2.67. The third kappa shape index (κ3) is 2.96. The van der Waals surface area contributed by atoms with Crippen LogP contribution in [-0.4, -0.2) is 19.1 Å². The monoisotopic (exact) mass is 198 g/mol. The SMILES string of the molecule is CCNC1CC(C)(C)CC(C)(CN)C1. The van der Waals surface area contributed by atoms with E-state index in [1.54, 1.807) is 0 Å². The molecule has 2 nitrogen and oxygen atoms in total. The molecule has 0 saturated heterocycles. The van der Waals surface area contributed by atoms with E-state index in [0.717, 1.165) is 13.1 Å². The summed E-state index contributed by atoms with van der Waals surface area (Å²) in [4.78, 5) is 0. The van der Waals surface area contributed by atoms with Gasteiger partial charge in [0, 0.05) is 6.04 Å². The highest BCUT2D eigenvalue weighted by atomic mass is 14.9. The molecule has 1 saturated carbocycles. The minimum atomic E-state index is 0.342. The quantitative estimate of drug-likeness (QED) is 0.729. The second-order valence-electron chi connectivity index (χ2n) is 6.02. The van der Waals surface area contributed by atoms with Crippen LogP contribution in [0.5, 0.6) is 0 Å². The molecule has 0 aromatic carbocycles. The van der Waals surface area contributed by atoms with Crippen LogP contribution in [0, 0.1) is 10.8 Å². The lowest BCUT2D eigenvalue weighted by molar-refractivity contribution is 0.0780.